The zero-order chi connectivity index (χ0) is 31.6. The van der Waals surface area contributed by atoms with Crippen molar-refractivity contribution in [1.82, 2.24) is 15.1 Å². The molecule has 1 saturated carbocycles. The van der Waals surface area contributed by atoms with Gasteiger partial charge in [-0.25, -0.2) is 4.79 Å². The number of hydrogen-bond donors (Lipinski definition) is 1. The van der Waals surface area contributed by atoms with Gasteiger partial charge in [-0.2, -0.15) is 0 Å². The highest BCUT2D eigenvalue weighted by molar-refractivity contribution is 6.39. The molecule has 3 atom stereocenters. The third-order valence-electron chi connectivity index (χ3n) is 8.67. The van der Waals surface area contributed by atoms with Gasteiger partial charge in [0.05, 0.1) is 34.6 Å². The summed E-state index contributed by atoms with van der Waals surface area (Å²) in [5.41, 5.74) is -2.15. The van der Waals surface area contributed by atoms with Gasteiger partial charge in [0, 0.05) is 32.1 Å². The van der Waals surface area contributed by atoms with E-state index in [0.29, 0.717) is 12.8 Å². The standard InChI is InChI=1S/C30H41Cl2N3O7/c1-28(2,3)42-27(40)30(6)12-11-18(29(30,4)5)24(37)33-21(26(39)41-7)17-22(36)34-13-15-35(16-14-34)25(38)23-19(31)9-8-10-20(23)32/h8-10,18,21H,11-17H2,1-7H3,(H,33,37)/t18-,21+,30-/m0/s1. The van der Waals surface area contributed by atoms with Gasteiger partial charge in [-0.3, -0.25) is 19.2 Å². The molecule has 1 aromatic rings. The van der Waals surface area contributed by atoms with Crippen molar-refractivity contribution in [3.63, 3.8) is 0 Å². The summed E-state index contributed by atoms with van der Waals surface area (Å²) < 4.78 is 10.6. The van der Waals surface area contributed by atoms with Crippen LogP contribution in [0.5, 0.6) is 0 Å². The van der Waals surface area contributed by atoms with Crippen molar-refractivity contribution in [2.75, 3.05) is 33.3 Å². The van der Waals surface area contributed by atoms with Crippen molar-refractivity contribution in [3.8, 4) is 0 Å². The Kier molecular flexibility index (Phi) is 10.3. The third-order valence-corrected chi connectivity index (χ3v) is 9.30. The number of nitrogens with one attached hydrogen (secondary N) is 1. The molecule has 42 heavy (non-hydrogen) atoms. The minimum Gasteiger partial charge on any atom is -0.467 e. The number of benzene rings is 1. The van der Waals surface area contributed by atoms with Gasteiger partial charge in [-0.1, -0.05) is 43.1 Å². The average Bonchev–Trinajstić information content (AvgIpc) is 3.15. The summed E-state index contributed by atoms with van der Waals surface area (Å²) in [6.07, 6.45) is 0.554. The molecule has 1 aromatic carbocycles. The Hall–Kier alpha value is -2.85. The fraction of sp³-hybridized carbons (Fsp3) is 0.633. The van der Waals surface area contributed by atoms with Gasteiger partial charge in [-0.05, 0) is 58.1 Å². The molecule has 1 heterocycles. The summed E-state index contributed by atoms with van der Waals surface area (Å²) in [5.74, 6) is -2.83. The first-order valence-electron chi connectivity index (χ1n) is 14.1. The van der Waals surface area contributed by atoms with Crippen molar-refractivity contribution in [3.05, 3.63) is 33.8 Å². The molecule has 2 aliphatic rings. The molecule has 1 aliphatic carbocycles. The first-order chi connectivity index (χ1) is 19.4. The Bertz CT molecular complexity index is 1220. The number of methoxy groups -OCH3 is 1. The molecule has 0 aromatic heterocycles. The molecule has 1 saturated heterocycles. The summed E-state index contributed by atoms with van der Waals surface area (Å²) in [6, 6.07) is 3.63. The molecule has 0 radical (unpaired) electrons. The van der Waals surface area contributed by atoms with Crippen LogP contribution >= 0.6 is 23.2 Å². The largest absolute Gasteiger partial charge is 0.467 e. The number of piperazine rings is 1. The topological polar surface area (TPSA) is 122 Å². The molecule has 3 amide bonds. The lowest BCUT2D eigenvalue weighted by Crippen LogP contribution is -2.54. The molecule has 2 fully saturated rings. The monoisotopic (exact) mass is 625 g/mol. The van der Waals surface area contributed by atoms with Crippen LogP contribution in [-0.2, 0) is 28.7 Å². The van der Waals surface area contributed by atoms with Gasteiger partial charge in [0.25, 0.3) is 5.91 Å². The quantitative estimate of drug-likeness (QED) is 0.452. The maximum Gasteiger partial charge on any atom is 0.328 e. The van der Waals surface area contributed by atoms with Crippen LogP contribution in [-0.4, -0.2) is 84.4 Å². The minimum atomic E-state index is -1.21. The number of halogens is 2. The van der Waals surface area contributed by atoms with Crippen molar-refractivity contribution < 1.29 is 33.4 Å². The molecular weight excluding hydrogens is 585 g/mol. The Balaban J connectivity index is 1.64. The predicted octanol–water partition coefficient (Wildman–Crippen LogP) is 4.11. The smallest absolute Gasteiger partial charge is 0.328 e. The van der Waals surface area contributed by atoms with E-state index >= 15 is 0 Å². The number of carbonyl (C=O) groups excluding carboxylic acids is 5. The summed E-state index contributed by atoms with van der Waals surface area (Å²) >= 11 is 12.4. The summed E-state index contributed by atoms with van der Waals surface area (Å²) in [7, 11) is 1.19. The fourth-order valence-corrected chi connectivity index (χ4v) is 6.21. The molecular formula is C30H41Cl2N3O7. The second-order valence-corrected chi connectivity index (χ2v) is 13.5. The zero-order valence-electron chi connectivity index (χ0n) is 25.3. The number of esters is 2. The molecule has 10 nitrogen and oxygen atoms in total. The second kappa shape index (κ2) is 12.8. The van der Waals surface area contributed by atoms with Crippen LogP contribution < -0.4 is 5.32 Å². The fourth-order valence-electron chi connectivity index (χ4n) is 5.65. The van der Waals surface area contributed by atoms with Crippen LogP contribution in [0.1, 0.15) is 71.2 Å². The first-order valence-corrected chi connectivity index (χ1v) is 14.8. The van der Waals surface area contributed by atoms with E-state index in [4.69, 9.17) is 32.7 Å². The molecule has 0 bridgehead atoms. The average molecular weight is 627 g/mol. The highest BCUT2D eigenvalue weighted by Crippen LogP contribution is 2.57. The predicted molar refractivity (Wildman–Crippen MR) is 158 cm³/mol. The van der Waals surface area contributed by atoms with E-state index in [-0.39, 0.29) is 66.0 Å². The van der Waals surface area contributed by atoms with Crippen LogP contribution in [0.15, 0.2) is 18.2 Å². The zero-order valence-corrected chi connectivity index (χ0v) is 26.9. The van der Waals surface area contributed by atoms with Crippen molar-refractivity contribution in [1.29, 1.82) is 0 Å². The highest BCUT2D eigenvalue weighted by atomic mass is 35.5. The van der Waals surface area contributed by atoms with Gasteiger partial charge >= 0.3 is 11.9 Å². The van der Waals surface area contributed by atoms with Gasteiger partial charge in [0.1, 0.15) is 11.6 Å². The van der Waals surface area contributed by atoms with E-state index in [1.807, 2.05) is 13.8 Å². The maximum absolute atomic E-state index is 13.5. The maximum atomic E-state index is 13.5. The van der Waals surface area contributed by atoms with Crippen LogP contribution in [0.3, 0.4) is 0 Å². The Morgan fingerprint density at radius 3 is 2.07 bits per heavy atom. The van der Waals surface area contributed by atoms with Gasteiger partial charge < -0.3 is 24.6 Å². The summed E-state index contributed by atoms with van der Waals surface area (Å²) in [6.45, 7) is 11.9. The lowest BCUT2D eigenvalue weighted by Gasteiger charge is -2.40. The Morgan fingerprint density at radius 2 is 1.55 bits per heavy atom. The number of hydrogen-bond acceptors (Lipinski definition) is 7. The minimum absolute atomic E-state index is 0.215. The van der Waals surface area contributed by atoms with Crippen molar-refractivity contribution in [2.45, 2.75) is 72.4 Å². The number of rotatable bonds is 7. The van der Waals surface area contributed by atoms with E-state index < -0.39 is 40.3 Å². The first kappa shape index (κ1) is 33.6. The third kappa shape index (κ3) is 7.02. The second-order valence-electron chi connectivity index (χ2n) is 12.7. The van der Waals surface area contributed by atoms with E-state index in [1.54, 1.807) is 55.7 Å². The van der Waals surface area contributed by atoms with E-state index in [0.717, 1.165) is 0 Å². The van der Waals surface area contributed by atoms with Crippen LogP contribution in [0.4, 0.5) is 0 Å². The molecule has 3 rings (SSSR count). The lowest BCUT2D eigenvalue weighted by molar-refractivity contribution is -0.173. The van der Waals surface area contributed by atoms with E-state index in [1.165, 1.54) is 7.11 Å². The van der Waals surface area contributed by atoms with Gasteiger partial charge in [0.15, 0.2) is 0 Å². The number of amides is 3. The van der Waals surface area contributed by atoms with E-state index in [2.05, 4.69) is 5.32 Å². The molecule has 12 heteroatoms. The highest BCUT2D eigenvalue weighted by Gasteiger charge is 2.59. The van der Waals surface area contributed by atoms with Gasteiger partial charge in [-0.15, -0.1) is 0 Å². The molecule has 0 spiro atoms. The van der Waals surface area contributed by atoms with Gasteiger partial charge in [0.2, 0.25) is 11.8 Å². The van der Waals surface area contributed by atoms with Crippen LogP contribution in [0.2, 0.25) is 10.0 Å². The SMILES string of the molecule is COC(=O)[C@@H](CC(=O)N1CCN(C(=O)c2c(Cl)cccc2Cl)CC1)NC(=O)[C@@H]1CC[C@@](C)(C(=O)OC(C)(C)C)C1(C)C. The summed E-state index contributed by atoms with van der Waals surface area (Å²) in [5, 5.41) is 3.21. The lowest BCUT2D eigenvalue weighted by atomic mass is 9.65. The number of nitrogens with zero attached hydrogens (tertiary/aromatic N) is 2. The summed E-state index contributed by atoms with van der Waals surface area (Å²) in [4.78, 5) is 68.6. The molecule has 1 N–H and O–H groups in total. The Morgan fingerprint density at radius 1 is 1.00 bits per heavy atom. The molecule has 232 valence electrons. The molecule has 0 unspecified atom stereocenters. The van der Waals surface area contributed by atoms with E-state index in [9.17, 15) is 24.0 Å². The molecule has 1 aliphatic heterocycles. The van der Waals surface area contributed by atoms with Crippen molar-refractivity contribution in [2.24, 2.45) is 16.7 Å². The Labute approximate surface area is 257 Å². The van der Waals surface area contributed by atoms with Crippen molar-refractivity contribution >= 4 is 52.9 Å². The van der Waals surface area contributed by atoms with Crippen LogP contribution in [0.25, 0.3) is 0 Å². The number of carbonyl (C=O) groups is 5. The number of ether oxygens (including phenoxy) is 2. The van der Waals surface area contributed by atoms with Crippen LogP contribution in [0, 0.1) is 16.7 Å². The normalized spacial score (nSPS) is 22.7.